The summed E-state index contributed by atoms with van der Waals surface area (Å²) in [5, 5.41) is 0. The van der Waals surface area contributed by atoms with Crippen LogP contribution in [0.5, 0.6) is 0 Å². The summed E-state index contributed by atoms with van der Waals surface area (Å²) in [5.41, 5.74) is 0.556. The molecule has 1 fully saturated rings. The first-order valence-electron chi connectivity index (χ1n) is 9.84. The number of carbonyl (C=O) groups excluding carboxylic acids is 2. The molecule has 1 aromatic rings. The molecule has 1 aliphatic carbocycles. The molecule has 26 heavy (non-hydrogen) atoms. The van der Waals surface area contributed by atoms with E-state index in [0.717, 1.165) is 57.9 Å². The van der Waals surface area contributed by atoms with Gasteiger partial charge in [-0.25, -0.2) is 4.39 Å². The first-order valence-corrected chi connectivity index (χ1v) is 9.84. The number of halogens is 1. The quantitative estimate of drug-likeness (QED) is 0.446. The molecular formula is C21H30FNO3. The Morgan fingerprint density at radius 1 is 1.08 bits per heavy atom. The lowest BCUT2D eigenvalue weighted by Crippen LogP contribution is -2.39. The fourth-order valence-corrected chi connectivity index (χ4v) is 3.56. The monoisotopic (exact) mass is 363 g/mol. The summed E-state index contributed by atoms with van der Waals surface area (Å²) < 4.78 is 18.0. The van der Waals surface area contributed by atoms with Gasteiger partial charge in [-0.1, -0.05) is 25.7 Å². The van der Waals surface area contributed by atoms with Gasteiger partial charge in [-0.05, 0) is 56.9 Å². The topological polar surface area (TPSA) is 46.6 Å². The predicted molar refractivity (Wildman–Crippen MR) is 99.4 cm³/mol. The van der Waals surface area contributed by atoms with Gasteiger partial charge in [0.1, 0.15) is 5.82 Å². The Bertz CT molecular complexity index is 567. The summed E-state index contributed by atoms with van der Waals surface area (Å²) in [6.45, 7) is 2.97. The van der Waals surface area contributed by atoms with Crippen molar-refractivity contribution in [3.8, 4) is 0 Å². The molecule has 0 bridgehead atoms. The summed E-state index contributed by atoms with van der Waals surface area (Å²) in [4.78, 5) is 26.2. The third-order valence-corrected chi connectivity index (χ3v) is 4.95. The van der Waals surface area contributed by atoms with Gasteiger partial charge in [0.05, 0.1) is 6.61 Å². The molecule has 144 valence electrons. The van der Waals surface area contributed by atoms with E-state index in [2.05, 4.69) is 0 Å². The van der Waals surface area contributed by atoms with Crippen LogP contribution in [0.25, 0.3) is 0 Å². The number of hydrogen-bond donors (Lipinski definition) is 0. The number of unbranched alkanes of at least 4 members (excludes halogenated alkanes) is 3. The smallest absolute Gasteiger partial charge is 0.305 e. The third-order valence-electron chi connectivity index (χ3n) is 4.95. The lowest BCUT2D eigenvalue weighted by molar-refractivity contribution is -0.143. The number of benzene rings is 1. The standard InChI is InChI=1S/C21H30FNO3/c1-2-26-20(24)11-5-3-4-8-16-23(19-9-6-7-10-19)21(25)17-12-14-18(22)15-13-17/h12-15,19H,2-11,16H2,1H3. The number of amides is 1. The lowest BCUT2D eigenvalue weighted by atomic mass is 10.1. The van der Waals surface area contributed by atoms with Gasteiger partial charge in [-0.3, -0.25) is 9.59 Å². The van der Waals surface area contributed by atoms with Crippen LogP contribution in [-0.2, 0) is 9.53 Å². The van der Waals surface area contributed by atoms with Gasteiger partial charge >= 0.3 is 5.97 Å². The van der Waals surface area contributed by atoms with Crippen molar-refractivity contribution in [3.63, 3.8) is 0 Å². The summed E-state index contributed by atoms with van der Waals surface area (Å²) >= 11 is 0. The normalized spacial score (nSPS) is 14.4. The van der Waals surface area contributed by atoms with Crippen molar-refractivity contribution in [1.29, 1.82) is 0 Å². The maximum atomic E-state index is 13.1. The summed E-state index contributed by atoms with van der Waals surface area (Å²) in [7, 11) is 0. The highest BCUT2D eigenvalue weighted by molar-refractivity contribution is 5.94. The van der Waals surface area contributed by atoms with Gasteiger partial charge in [0.2, 0.25) is 0 Å². The third kappa shape index (κ3) is 6.43. The predicted octanol–water partition coefficient (Wildman–Crippen LogP) is 4.72. The summed E-state index contributed by atoms with van der Waals surface area (Å²) in [5.74, 6) is -0.453. The zero-order chi connectivity index (χ0) is 18.8. The van der Waals surface area contributed by atoms with Crippen LogP contribution in [0, 0.1) is 5.82 Å². The summed E-state index contributed by atoms with van der Waals surface area (Å²) in [6, 6.07) is 6.12. The molecule has 4 nitrogen and oxygen atoms in total. The van der Waals surface area contributed by atoms with E-state index in [4.69, 9.17) is 4.74 Å². The Morgan fingerprint density at radius 2 is 1.73 bits per heavy atom. The molecule has 0 spiro atoms. The van der Waals surface area contributed by atoms with E-state index in [-0.39, 0.29) is 17.7 Å². The lowest BCUT2D eigenvalue weighted by Gasteiger charge is -2.29. The minimum atomic E-state index is -0.324. The van der Waals surface area contributed by atoms with E-state index >= 15 is 0 Å². The largest absolute Gasteiger partial charge is 0.466 e. The van der Waals surface area contributed by atoms with Crippen LogP contribution in [0.3, 0.4) is 0 Å². The minimum Gasteiger partial charge on any atom is -0.466 e. The van der Waals surface area contributed by atoms with Crippen LogP contribution in [0.1, 0.15) is 75.1 Å². The highest BCUT2D eigenvalue weighted by atomic mass is 19.1. The number of ether oxygens (including phenoxy) is 1. The van der Waals surface area contributed by atoms with Gasteiger partial charge in [0, 0.05) is 24.6 Å². The summed E-state index contributed by atoms with van der Waals surface area (Å²) in [6.07, 6.45) is 8.59. The van der Waals surface area contributed by atoms with Gasteiger partial charge in [0.25, 0.3) is 5.91 Å². The van der Waals surface area contributed by atoms with Crippen molar-refractivity contribution in [2.75, 3.05) is 13.2 Å². The fraction of sp³-hybridized carbons (Fsp3) is 0.619. The number of rotatable bonds is 10. The Labute approximate surface area is 155 Å². The molecule has 1 aromatic carbocycles. The second-order valence-electron chi connectivity index (χ2n) is 6.91. The van der Waals surface area contributed by atoms with Gasteiger partial charge in [-0.15, -0.1) is 0 Å². The van der Waals surface area contributed by atoms with E-state index < -0.39 is 0 Å². The molecule has 0 atom stereocenters. The van der Waals surface area contributed by atoms with Crippen LogP contribution in [0.4, 0.5) is 4.39 Å². The van der Waals surface area contributed by atoms with E-state index in [1.165, 1.54) is 12.1 Å². The molecule has 5 heteroatoms. The maximum Gasteiger partial charge on any atom is 0.305 e. The molecule has 0 radical (unpaired) electrons. The first-order chi connectivity index (χ1) is 12.6. The maximum absolute atomic E-state index is 13.1. The fourth-order valence-electron chi connectivity index (χ4n) is 3.56. The van der Waals surface area contributed by atoms with E-state index in [9.17, 15) is 14.0 Å². The molecule has 0 aromatic heterocycles. The van der Waals surface area contributed by atoms with E-state index in [1.807, 2.05) is 11.8 Å². The minimum absolute atomic E-state index is 0.00317. The number of carbonyl (C=O) groups is 2. The zero-order valence-corrected chi connectivity index (χ0v) is 15.7. The highest BCUT2D eigenvalue weighted by Crippen LogP contribution is 2.25. The van der Waals surface area contributed by atoms with Gasteiger partial charge in [-0.2, -0.15) is 0 Å². The molecule has 1 aliphatic rings. The molecule has 1 saturated carbocycles. The first kappa shape index (κ1) is 20.4. The number of esters is 1. The van der Waals surface area contributed by atoms with Gasteiger partial charge in [0.15, 0.2) is 0 Å². The molecule has 0 N–H and O–H groups in total. The Hall–Kier alpha value is -1.91. The van der Waals surface area contributed by atoms with Crippen LogP contribution in [-0.4, -0.2) is 36.0 Å². The Morgan fingerprint density at radius 3 is 2.38 bits per heavy atom. The average Bonchev–Trinajstić information content (AvgIpc) is 3.16. The number of hydrogen-bond acceptors (Lipinski definition) is 3. The molecule has 1 amide bonds. The molecule has 0 saturated heterocycles. The average molecular weight is 363 g/mol. The van der Waals surface area contributed by atoms with Crippen molar-refractivity contribution >= 4 is 11.9 Å². The van der Waals surface area contributed by atoms with Crippen LogP contribution >= 0.6 is 0 Å². The van der Waals surface area contributed by atoms with Crippen molar-refractivity contribution < 1.29 is 18.7 Å². The van der Waals surface area contributed by atoms with Crippen LogP contribution in [0.2, 0.25) is 0 Å². The second-order valence-corrected chi connectivity index (χ2v) is 6.91. The number of nitrogens with zero attached hydrogens (tertiary/aromatic N) is 1. The zero-order valence-electron chi connectivity index (χ0n) is 15.7. The van der Waals surface area contributed by atoms with Crippen molar-refractivity contribution in [1.82, 2.24) is 4.90 Å². The van der Waals surface area contributed by atoms with Gasteiger partial charge < -0.3 is 9.64 Å². The second kappa shape index (κ2) is 10.9. The highest BCUT2D eigenvalue weighted by Gasteiger charge is 2.27. The molecule has 0 aliphatic heterocycles. The molecular weight excluding hydrogens is 333 g/mol. The van der Waals surface area contributed by atoms with E-state index in [1.54, 1.807) is 12.1 Å². The molecule has 2 rings (SSSR count). The van der Waals surface area contributed by atoms with Crippen molar-refractivity contribution in [2.24, 2.45) is 0 Å². The van der Waals surface area contributed by atoms with Crippen molar-refractivity contribution in [2.45, 2.75) is 70.8 Å². The SMILES string of the molecule is CCOC(=O)CCCCCCN(C(=O)c1ccc(F)cc1)C1CCCC1. The van der Waals surface area contributed by atoms with Crippen molar-refractivity contribution in [3.05, 3.63) is 35.6 Å². The Balaban J connectivity index is 1.81. The molecule has 0 unspecified atom stereocenters. The van der Waals surface area contributed by atoms with E-state index in [0.29, 0.717) is 24.6 Å². The van der Waals surface area contributed by atoms with Crippen LogP contribution in [0.15, 0.2) is 24.3 Å². The Kier molecular flexibility index (Phi) is 8.59. The van der Waals surface area contributed by atoms with Crippen LogP contribution < -0.4 is 0 Å². The molecule has 0 heterocycles.